The Morgan fingerprint density at radius 2 is 1.86 bits per heavy atom. The lowest BCUT2D eigenvalue weighted by molar-refractivity contribution is -0.133. The largest absolute Gasteiger partial charge is 0.476 e. The molecule has 1 N–H and O–H groups in total. The maximum Gasteiger partial charge on any atom is 0.356 e. The van der Waals surface area contributed by atoms with Gasteiger partial charge in [0.15, 0.2) is 11.5 Å². The van der Waals surface area contributed by atoms with Crippen LogP contribution in [-0.4, -0.2) is 58.3 Å². The molecule has 7 nitrogen and oxygen atoms in total. The number of carboxylic acid groups (broad SMARTS) is 1. The average Bonchev–Trinajstić information content (AvgIpc) is 3.24. The average molecular weight is 290 g/mol. The van der Waals surface area contributed by atoms with Crippen LogP contribution < -0.4 is 4.90 Å². The lowest BCUT2D eigenvalue weighted by atomic mass is 10.2. The predicted molar refractivity (Wildman–Crippen MR) is 75.1 cm³/mol. The van der Waals surface area contributed by atoms with Crippen molar-refractivity contribution < 1.29 is 14.7 Å². The van der Waals surface area contributed by atoms with Gasteiger partial charge in [-0.05, 0) is 24.5 Å². The summed E-state index contributed by atoms with van der Waals surface area (Å²) < 4.78 is 0. The number of aromatic nitrogens is 2. The van der Waals surface area contributed by atoms with Crippen LogP contribution in [0, 0.1) is 11.8 Å². The van der Waals surface area contributed by atoms with Crippen LogP contribution in [0.25, 0.3) is 0 Å². The highest BCUT2D eigenvalue weighted by molar-refractivity contribution is 5.85. The first-order valence-electron chi connectivity index (χ1n) is 7.17. The molecule has 0 spiro atoms. The van der Waals surface area contributed by atoms with Gasteiger partial charge in [-0.25, -0.2) is 4.79 Å². The second kappa shape index (κ2) is 5.31. The number of piperazine rings is 1. The van der Waals surface area contributed by atoms with Gasteiger partial charge < -0.3 is 14.9 Å². The Hall–Kier alpha value is -2.18. The highest BCUT2D eigenvalue weighted by atomic mass is 16.4. The van der Waals surface area contributed by atoms with Gasteiger partial charge in [0.25, 0.3) is 0 Å². The van der Waals surface area contributed by atoms with Crippen molar-refractivity contribution in [3.05, 3.63) is 17.8 Å². The van der Waals surface area contributed by atoms with E-state index in [1.54, 1.807) is 6.07 Å². The predicted octanol–water partition coefficient (Wildman–Crippen LogP) is 0.479. The number of carbonyl (C=O) groups excluding carboxylic acids is 1. The molecule has 1 aliphatic heterocycles. The van der Waals surface area contributed by atoms with Crippen LogP contribution in [-0.2, 0) is 4.79 Å². The van der Waals surface area contributed by atoms with Gasteiger partial charge in [-0.15, -0.1) is 10.2 Å². The number of amides is 1. The van der Waals surface area contributed by atoms with E-state index in [0.717, 1.165) is 6.42 Å². The van der Waals surface area contributed by atoms with E-state index in [9.17, 15) is 9.59 Å². The normalized spacial score (nSPS) is 24.8. The van der Waals surface area contributed by atoms with Crippen molar-refractivity contribution in [1.29, 1.82) is 0 Å². The molecule has 1 aliphatic carbocycles. The van der Waals surface area contributed by atoms with Crippen LogP contribution in [0.5, 0.6) is 0 Å². The summed E-state index contributed by atoms with van der Waals surface area (Å²) in [6, 6.07) is 3.12. The lowest BCUT2D eigenvalue weighted by Gasteiger charge is -2.35. The molecule has 0 aromatic carbocycles. The molecule has 1 aromatic rings. The molecule has 2 aliphatic rings. The molecule has 0 radical (unpaired) electrons. The Kier molecular flexibility index (Phi) is 3.48. The van der Waals surface area contributed by atoms with Crippen molar-refractivity contribution in [3.63, 3.8) is 0 Å². The molecular formula is C14H18N4O3. The van der Waals surface area contributed by atoms with Gasteiger partial charge in [0.05, 0.1) is 0 Å². The highest BCUT2D eigenvalue weighted by Crippen LogP contribution is 2.39. The number of hydrogen-bond donors (Lipinski definition) is 1. The van der Waals surface area contributed by atoms with E-state index in [1.165, 1.54) is 6.07 Å². The SMILES string of the molecule is CC1CC1C(=O)N1CCN(c2ccc(C(=O)O)nn2)CC1. The summed E-state index contributed by atoms with van der Waals surface area (Å²) in [6.45, 7) is 4.88. The second-order valence-electron chi connectivity index (χ2n) is 5.71. The van der Waals surface area contributed by atoms with Crippen LogP contribution in [0.15, 0.2) is 12.1 Å². The molecule has 1 saturated heterocycles. The van der Waals surface area contributed by atoms with Crippen molar-refractivity contribution in [2.45, 2.75) is 13.3 Å². The van der Waals surface area contributed by atoms with E-state index in [2.05, 4.69) is 17.1 Å². The molecule has 2 fully saturated rings. The smallest absolute Gasteiger partial charge is 0.356 e. The molecule has 2 unspecified atom stereocenters. The quantitative estimate of drug-likeness (QED) is 0.871. The Bertz CT molecular complexity index is 552. The summed E-state index contributed by atoms with van der Waals surface area (Å²) in [4.78, 5) is 26.8. The number of carbonyl (C=O) groups is 2. The van der Waals surface area contributed by atoms with E-state index >= 15 is 0 Å². The number of hydrogen-bond acceptors (Lipinski definition) is 5. The van der Waals surface area contributed by atoms with Gasteiger partial charge in [-0.2, -0.15) is 0 Å². The van der Waals surface area contributed by atoms with Gasteiger partial charge in [-0.1, -0.05) is 6.92 Å². The van der Waals surface area contributed by atoms with Crippen molar-refractivity contribution >= 4 is 17.7 Å². The first kappa shape index (κ1) is 13.8. The minimum absolute atomic E-state index is 0.0599. The van der Waals surface area contributed by atoms with Crippen LogP contribution >= 0.6 is 0 Å². The molecule has 1 saturated carbocycles. The van der Waals surface area contributed by atoms with Gasteiger partial charge in [0, 0.05) is 32.1 Å². The number of nitrogens with zero attached hydrogens (tertiary/aromatic N) is 4. The number of aromatic carboxylic acids is 1. The fraction of sp³-hybridized carbons (Fsp3) is 0.571. The maximum absolute atomic E-state index is 12.1. The van der Waals surface area contributed by atoms with Crippen LogP contribution in [0.1, 0.15) is 23.8 Å². The summed E-state index contributed by atoms with van der Waals surface area (Å²) in [5, 5.41) is 16.4. The van der Waals surface area contributed by atoms with E-state index in [0.29, 0.717) is 37.9 Å². The molecule has 7 heteroatoms. The second-order valence-corrected chi connectivity index (χ2v) is 5.71. The summed E-state index contributed by atoms with van der Waals surface area (Å²) in [7, 11) is 0. The summed E-state index contributed by atoms with van der Waals surface area (Å²) >= 11 is 0. The fourth-order valence-electron chi connectivity index (χ4n) is 2.66. The molecule has 1 amide bonds. The molecule has 112 valence electrons. The minimum Gasteiger partial charge on any atom is -0.476 e. The Labute approximate surface area is 122 Å². The molecule has 0 bridgehead atoms. The zero-order chi connectivity index (χ0) is 15.0. The monoisotopic (exact) mass is 290 g/mol. The molecule has 1 aromatic heterocycles. The Morgan fingerprint density at radius 3 is 2.33 bits per heavy atom. The standard InChI is InChI=1S/C14H18N4O3/c1-9-8-10(9)13(19)18-6-4-17(5-7-18)12-3-2-11(14(20)21)15-16-12/h2-3,9-10H,4-8H2,1H3,(H,20,21). The van der Waals surface area contributed by atoms with Crippen LogP contribution in [0.4, 0.5) is 5.82 Å². The molecule has 2 atom stereocenters. The lowest BCUT2D eigenvalue weighted by Crippen LogP contribution is -2.49. The summed E-state index contributed by atoms with van der Waals surface area (Å²) in [5.74, 6) is 0.612. The first-order chi connectivity index (χ1) is 10.1. The van der Waals surface area contributed by atoms with Crippen molar-refractivity contribution in [2.24, 2.45) is 11.8 Å². The van der Waals surface area contributed by atoms with E-state index in [1.807, 2.05) is 9.80 Å². The van der Waals surface area contributed by atoms with Gasteiger partial charge >= 0.3 is 5.97 Å². The fourth-order valence-corrected chi connectivity index (χ4v) is 2.66. The number of rotatable bonds is 3. The first-order valence-corrected chi connectivity index (χ1v) is 7.17. The van der Waals surface area contributed by atoms with Crippen LogP contribution in [0.2, 0.25) is 0 Å². The summed E-state index contributed by atoms with van der Waals surface area (Å²) in [5.41, 5.74) is -0.0599. The third kappa shape index (κ3) is 2.81. The third-order valence-corrected chi connectivity index (χ3v) is 4.21. The highest BCUT2D eigenvalue weighted by Gasteiger charge is 2.42. The van der Waals surface area contributed by atoms with Crippen molar-refractivity contribution in [1.82, 2.24) is 15.1 Å². The third-order valence-electron chi connectivity index (χ3n) is 4.21. The number of anilines is 1. The van der Waals surface area contributed by atoms with Gasteiger partial charge in [-0.3, -0.25) is 4.79 Å². The van der Waals surface area contributed by atoms with E-state index < -0.39 is 5.97 Å². The van der Waals surface area contributed by atoms with Crippen LogP contribution in [0.3, 0.4) is 0 Å². The maximum atomic E-state index is 12.1. The van der Waals surface area contributed by atoms with Crippen molar-refractivity contribution in [3.8, 4) is 0 Å². The Morgan fingerprint density at radius 1 is 1.19 bits per heavy atom. The molecule has 2 heterocycles. The molecule has 21 heavy (non-hydrogen) atoms. The number of carboxylic acids is 1. The van der Waals surface area contributed by atoms with Crippen molar-refractivity contribution in [2.75, 3.05) is 31.1 Å². The van der Waals surface area contributed by atoms with Gasteiger partial charge in [0.2, 0.25) is 5.91 Å². The van der Waals surface area contributed by atoms with Gasteiger partial charge in [0.1, 0.15) is 0 Å². The van der Waals surface area contributed by atoms with E-state index in [4.69, 9.17) is 5.11 Å². The zero-order valence-corrected chi connectivity index (χ0v) is 11.9. The Balaban J connectivity index is 1.58. The van der Waals surface area contributed by atoms with E-state index in [-0.39, 0.29) is 17.5 Å². The minimum atomic E-state index is -1.08. The molecule has 3 rings (SSSR count). The molecular weight excluding hydrogens is 272 g/mol. The zero-order valence-electron chi connectivity index (χ0n) is 11.9. The topological polar surface area (TPSA) is 86.6 Å². The summed E-state index contributed by atoms with van der Waals surface area (Å²) in [6.07, 6.45) is 1.02.